The van der Waals surface area contributed by atoms with Crippen molar-refractivity contribution < 1.29 is 17.9 Å². The number of rotatable bonds is 10. The van der Waals surface area contributed by atoms with Crippen LogP contribution in [0.2, 0.25) is 0 Å². The summed E-state index contributed by atoms with van der Waals surface area (Å²) in [5, 5.41) is 0. The number of nitrogens with two attached hydrogens (primary N) is 1. The van der Waals surface area contributed by atoms with Crippen LogP contribution in [0.15, 0.2) is 29.2 Å². The summed E-state index contributed by atoms with van der Waals surface area (Å²) >= 11 is 0. The molecule has 1 aromatic rings. The maximum absolute atomic E-state index is 12.5. The first-order valence-corrected chi connectivity index (χ1v) is 9.16. The van der Waals surface area contributed by atoms with Gasteiger partial charge in [-0.05, 0) is 43.5 Å². The SMILES string of the molecule is COCCOc1ccc(S(=O)(=O)NC(C)(CN)CC(C)C)cc1. The highest BCUT2D eigenvalue weighted by Gasteiger charge is 2.30. The van der Waals surface area contributed by atoms with Crippen molar-refractivity contribution in [2.75, 3.05) is 26.9 Å². The van der Waals surface area contributed by atoms with Crippen LogP contribution in [0.5, 0.6) is 5.75 Å². The van der Waals surface area contributed by atoms with E-state index in [1.54, 1.807) is 19.2 Å². The van der Waals surface area contributed by atoms with E-state index in [4.69, 9.17) is 15.2 Å². The normalized spacial score (nSPS) is 14.7. The van der Waals surface area contributed by atoms with Gasteiger partial charge >= 0.3 is 0 Å². The molecule has 0 heterocycles. The van der Waals surface area contributed by atoms with E-state index in [9.17, 15) is 8.42 Å². The molecule has 0 saturated heterocycles. The topological polar surface area (TPSA) is 90.6 Å². The van der Waals surface area contributed by atoms with Gasteiger partial charge in [0.1, 0.15) is 12.4 Å². The van der Waals surface area contributed by atoms with Crippen molar-refractivity contribution >= 4 is 10.0 Å². The Balaban J connectivity index is 2.83. The van der Waals surface area contributed by atoms with E-state index in [1.165, 1.54) is 12.1 Å². The number of sulfonamides is 1. The molecule has 0 amide bonds. The number of ether oxygens (including phenoxy) is 2. The predicted molar refractivity (Wildman–Crippen MR) is 91.0 cm³/mol. The van der Waals surface area contributed by atoms with Gasteiger partial charge in [-0.3, -0.25) is 0 Å². The van der Waals surface area contributed by atoms with E-state index in [0.29, 0.717) is 31.3 Å². The van der Waals surface area contributed by atoms with Gasteiger partial charge < -0.3 is 15.2 Å². The number of methoxy groups -OCH3 is 1. The molecule has 0 aliphatic carbocycles. The molecule has 1 unspecified atom stereocenters. The first-order valence-electron chi connectivity index (χ1n) is 7.68. The zero-order valence-corrected chi connectivity index (χ0v) is 15.2. The second-order valence-electron chi connectivity index (χ2n) is 6.28. The monoisotopic (exact) mass is 344 g/mol. The summed E-state index contributed by atoms with van der Waals surface area (Å²) < 4.78 is 38.1. The highest BCUT2D eigenvalue weighted by atomic mass is 32.2. The van der Waals surface area contributed by atoms with Gasteiger partial charge in [-0.15, -0.1) is 0 Å². The molecule has 1 atom stereocenters. The molecule has 6 nitrogen and oxygen atoms in total. The second-order valence-corrected chi connectivity index (χ2v) is 7.96. The van der Waals surface area contributed by atoms with Gasteiger partial charge in [0.05, 0.1) is 11.5 Å². The molecule has 0 aliphatic heterocycles. The van der Waals surface area contributed by atoms with Crippen LogP contribution in [-0.4, -0.2) is 40.8 Å². The quantitative estimate of drug-likeness (QED) is 0.631. The van der Waals surface area contributed by atoms with Gasteiger partial charge in [0.25, 0.3) is 0 Å². The van der Waals surface area contributed by atoms with Crippen molar-refractivity contribution in [3.05, 3.63) is 24.3 Å². The second kappa shape index (κ2) is 8.63. The molecule has 0 aliphatic rings. The molecule has 1 rings (SSSR count). The van der Waals surface area contributed by atoms with Crippen molar-refractivity contribution in [2.24, 2.45) is 11.7 Å². The van der Waals surface area contributed by atoms with E-state index in [0.717, 1.165) is 0 Å². The van der Waals surface area contributed by atoms with E-state index >= 15 is 0 Å². The summed E-state index contributed by atoms with van der Waals surface area (Å²) in [4.78, 5) is 0.194. The number of hydrogen-bond donors (Lipinski definition) is 2. The Kier molecular flexibility index (Phi) is 7.47. The van der Waals surface area contributed by atoms with Gasteiger partial charge in [-0.25, -0.2) is 13.1 Å². The Hall–Kier alpha value is -1.15. The Morgan fingerprint density at radius 1 is 1.22 bits per heavy atom. The molecule has 7 heteroatoms. The average Bonchev–Trinajstić information content (AvgIpc) is 2.46. The van der Waals surface area contributed by atoms with Crippen LogP contribution in [0, 0.1) is 5.92 Å². The molecule has 0 radical (unpaired) electrons. The van der Waals surface area contributed by atoms with Crippen LogP contribution in [0.25, 0.3) is 0 Å². The van der Waals surface area contributed by atoms with E-state index in [-0.39, 0.29) is 11.4 Å². The molecule has 0 spiro atoms. The summed E-state index contributed by atoms with van der Waals surface area (Å²) in [5.41, 5.74) is 5.11. The minimum atomic E-state index is -3.63. The molecular formula is C16H28N2O4S. The third kappa shape index (κ3) is 6.47. The fourth-order valence-electron chi connectivity index (χ4n) is 2.41. The van der Waals surface area contributed by atoms with E-state index in [2.05, 4.69) is 4.72 Å². The average molecular weight is 344 g/mol. The van der Waals surface area contributed by atoms with E-state index < -0.39 is 15.6 Å². The van der Waals surface area contributed by atoms with Crippen molar-refractivity contribution in [3.63, 3.8) is 0 Å². The number of hydrogen-bond acceptors (Lipinski definition) is 5. The Labute approximate surface area is 139 Å². The summed E-state index contributed by atoms with van der Waals surface area (Å²) in [6.45, 7) is 7.03. The standard InChI is InChI=1S/C16H28N2O4S/c1-13(2)11-16(3,12-17)18-23(19,20)15-7-5-14(6-8-15)22-10-9-21-4/h5-8,13,18H,9-12,17H2,1-4H3. The van der Waals surface area contributed by atoms with Crippen LogP contribution in [0.4, 0.5) is 0 Å². The molecular weight excluding hydrogens is 316 g/mol. The number of nitrogens with one attached hydrogen (secondary N) is 1. The molecule has 0 bridgehead atoms. The van der Waals surface area contributed by atoms with Crippen LogP contribution >= 0.6 is 0 Å². The molecule has 132 valence electrons. The summed E-state index contributed by atoms with van der Waals surface area (Å²) in [7, 11) is -2.03. The van der Waals surface area contributed by atoms with Crippen LogP contribution in [0.3, 0.4) is 0 Å². The summed E-state index contributed by atoms with van der Waals surface area (Å²) in [6.07, 6.45) is 0.668. The van der Waals surface area contributed by atoms with Gasteiger partial charge in [0.15, 0.2) is 0 Å². The summed E-state index contributed by atoms with van der Waals surface area (Å²) in [5.74, 6) is 0.938. The number of benzene rings is 1. The highest BCUT2D eigenvalue weighted by molar-refractivity contribution is 7.89. The molecule has 0 fully saturated rings. The predicted octanol–water partition coefficient (Wildman–Crippen LogP) is 1.75. The molecule has 3 N–H and O–H groups in total. The molecule has 1 aromatic carbocycles. The van der Waals surface area contributed by atoms with Gasteiger partial charge in [0.2, 0.25) is 10.0 Å². The third-order valence-corrected chi connectivity index (χ3v) is 5.03. The van der Waals surface area contributed by atoms with Gasteiger partial charge in [-0.2, -0.15) is 0 Å². The highest BCUT2D eigenvalue weighted by Crippen LogP contribution is 2.21. The molecule has 23 heavy (non-hydrogen) atoms. The lowest BCUT2D eigenvalue weighted by atomic mass is 9.92. The molecule has 0 aromatic heterocycles. The fourth-order valence-corrected chi connectivity index (χ4v) is 3.84. The van der Waals surface area contributed by atoms with Crippen molar-refractivity contribution in [2.45, 2.75) is 37.6 Å². The van der Waals surface area contributed by atoms with Gasteiger partial charge in [-0.1, -0.05) is 13.8 Å². The minimum absolute atomic E-state index is 0.194. The van der Waals surface area contributed by atoms with Gasteiger partial charge in [0, 0.05) is 19.2 Å². The van der Waals surface area contributed by atoms with Crippen LogP contribution in [-0.2, 0) is 14.8 Å². The van der Waals surface area contributed by atoms with Crippen LogP contribution < -0.4 is 15.2 Å². The van der Waals surface area contributed by atoms with E-state index in [1.807, 2.05) is 20.8 Å². The van der Waals surface area contributed by atoms with Crippen molar-refractivity contribution in [1.82, 2.24) is 4.72 Å². The zero-order chi connectivity index (χ0) is 17.5. The zero-order valence-electron chi connectivity index (χ0n) is 14.3. The first kappa shape index (κ1) is 19.9. The lowest BCUT2D eigenvalue weighted by Crippen LogP contribution is -2.51. The first-order chi connectivity index (χ1) is 10.7. The Morgan fingerprint density at radius 3 is 2.30 bits per heavy atom. The van der Waals surface area contributed by atoms with Crippen LogP contribution in [0.1, 0.15) is 27.2 Å². The lowest BCUT2D eigenvalue weighted by molar-refractivity contribution is 0.146. The lowest BCUT2D eigenvalue weighted by Gasteiger charge is -2.30. The summed E-state index contributed by atoms with van der Waals surface area (Å²) in [6, 6.07) is 6.31. The Morgan fingerprint density at radius 2 is 1.83 bits per heavy atom. The van der Waals surface area contributed by atoms with Crippen molar-refractivity contribution in [1.29, 1.82) is 0 Å². The maximum atomic E-state index is 12.5. The Bertz CT molecular complexity index is 572. The maximum Gasteiger partial charge on any atom is 0.241 e. The minimum Gasteiger partial charge on any atom is -0.491 e. The third-order valence-electron chi connectivity index (χ3n) is 3.38. The molecule has 0 saturated carbocycles. The fraction of sp³-hybridized carbons (Fsp3) is 0.625. The largest absolute Gasteiger partial charge is 0.491 e. The smallest absolute Gasteiger partial charge is 0.241 e. The van der Waals surface area contributed by atoms with Crippen molar-refractivity contribution in [3.8, 4) is 5.75 Å².